The first-order chi connectivity index (χ1) is 10.7. The van der Waals surface area contributed by atoms with Crippen molar-refractivity contribution in [2.75, 3.05) is 13.1 Å². The van der Waals surface area contributed by atoms with E-state index in [1.807, 2.05) is 30.3 Å². The third-order valence-corrected chi connectivity index (χ3v) is 4.06. The molecule has 4 N–H and O–H groups in total. The van der Waals surface area contributed by atoms with Gasteiger partial charge in [-0.25, -0.2) is 0 Å². The van der Waals surface area contributed by atoms with Gasteiger partial charge in [-0.15, -0.1) is 0 Å². The van der Waals surface area contributed by atoms with Crippen LogP contribution in [0.3, 0.4) is 0 Å². The summed E-state index contributed by atoms with van der Waals surface area (Å²) in [6.07, 6.45) is 4.44. The van der Waals surface area contributed by atoms with Gasteiger partial charge in [-0.3, -0.25) is 9.59 Å². The van der Waals surface area contributed by atoms with Crippen molar-refractivity contribution >= 4 is 11.8 Å². The van der Waals surface area contributed by atoms with Crippen molar-refractivity contribution < 1.29 is 9.59 Å². The van der Waals surface area contributed by atoms with Gasteiger partial charge in [0, 0.05) is 19.0 Å². The molecule has 1 saturated carbocycles. The summed E-state index contributed by atoms with van der Waals surface area (Å²) in [4.78, 5) is 23.5. The quantitative estimate of drug-likeness (QED) is 0.626. The molecular formula is C17H25N3O2. The smallest absolute Gasteiger partial charge is 0.237 e. The second kappa shape index (κ2) is 8.54. The van der Waals surface area contributed by atoms with Crippen molar-refractivity contribution in [2.24, 2.45) is 11.7 Å². The zero-order valence-corrected chi connectivity index (χ0v) is 12.9. The molecule has 0 unspecified atom stereocenters. The molecule has 5 nitrogen and oxygen atoms in total. The lowest BCUT2D eigenvalue weighted by Crippen LogP contribution is -2.43. The van der Waals surface area contributed by atoms with Crippen molar-refractivity contribution in [3.05, 3.63) is 35.9 Å². The second-order valence-electron chi connectivity index (χ2n) is 5.86. The Morgan fingerprint density at radius 1 is 1.14 bits per heavy atom. The van der Waals surface area contributed by atoms with E-state index in [0.717, 1.165) is 31.2 Å². The normalized spacial score (nSPS) is 15.7. The number of carbonyl (C=O) groups is 2. The molecule has 1 aromatic rings. The number of amides is 2. The lowest BCUT2D eigenvalue weighted by atomic mass is 9.85. The van der Waals surface area contributed by atoms with Crippen LogP contribution in [0.2, 0.25) is 0 Å². The molecule has 0 saturated heterocycles. The Balaban J connectivity index is 1.56. The summed E-state index contributed by atoms with van der Waals surface area (Å²) in [6, 6.07) is 9.20. The van der Waals surface area contributed by atoms with Crippen LogP contribution in [0.1, 0.15) is 31.2 Å². The maximum Gasteiger partial charge on any atom is 0.237 e. The monoisotopic (exact) mass is 303 g/mol. The van der Waals surface area contributed by atoms with Crippen LogP contribution in [0.15, 0.2) is 30.3 Å². The van der Waals surface area contributed by atoms with E-state index in [1.54, 1.807) is 0 Å². The number of hydrogen-bond donors (Lipinski definition) is 3. The Morgan fingerprint density at radius 3 is 2.45 bits per heavy atom. The Bertz CT molecular complexity index is 486. The summed E-state index contributed by atoms with van der Waals surface area (Å²) in [5.41, 5.74) is 6.95. The Labute approximate surface area is 131 Å². The van der Waals surface area contributed by atoms with Gasteiger partial charge in [0.05, 0.1) is 6.04 Å². The minimum Gasteiger partial charge on any atom is -0.356 e. The Hall–Kier alpha value is -1.88. The number of hydrogen-bond acceptors (Lipinski definition) is 3. The molecule has 0 heterocycles. The van der Waals surface area contributed by atoms with Gasteiger partial charge < -0.3 is 16.4 Å². The van der Waals surface area contributed by atoms with Crippen LogP contribution in [0.5, 0.6) is 0 Å². The molecule has 1 aliphatic rings. The highest BCUT2D eigenvalue weighted by molar-refractivity contribution is 5.81. The third kappa shape index (κ3) is 5.15. The summed E-state index contributed by atoms with van der Waals surface area (Å²) >= 11 is 0. The van der Waals surface area contributed by atoms with Crippen LogP contribution in [0.25, 0.3) is 0 Å². The van der Waals surface area contributed by atoms with Gasteiger partial charge in [-0.05, 0) is 31.2 Å². The van der Waals surface area contributed by atoms with Gasteiger partial charge in [0.25, 0.3) is 0 Å². The maximum atomic E-state index is 11.9. The summed E-state index contributed by atoms with van der Waals surface area (Å²) in [6.45, 7) is 1.13. The molecule has 1 atom stereocenters. The molecule has 2 amide bonds. The van der Waals surface area contributed by atoms with E-state index >= 15 is 0 Å². The van der Waals surface area contributed by atoms with Gasteiger partial charge in [-0.1, -0.05) is 36.8 Å². The van der Waals surface area contributed by atoms with Gasteiger partial charge in [0.1, 0.15) is 0 Å². The van der Waals surface area contributed by atoms with Crippen LogP contribution in [-0.4, -0.2) is 30.9 Å². The predicted octanol–water partition coefficient (Wildman–Crippen LogP) is 0.979. The molecule has 2 rings (SSSR count). The SMILES string of the molecule is N[C@@H](Cc1ccccc1)C(=O)NCCCNC(=O)C1CCC1. The van der Waals surface area contributed by atoms with Gasteiger partial charge in [0.15, 0.2) is 0 Å². The molecule has 5 heteroatoms. The molecule has 120 valence electrons. The number of benzene rings is 1. The predicted molar refractivity (Wildman–Crippen MR) is 86.1 cm³/mol. The molecule has 0 aromatic heterocycles. The fraction of sp³-hybridized carbons (Fsp3) is 0.529. The van der Waals surface area contributed by atoms with E-state index < -0.39 is 6.04 Å². The minimum atomic E-state index is -0.535. The van der Waals surface area contributed by atoms with Crippen LogP contribution < -0.4 is 16.4 Å². The molecule has 0 radical (unpaired) electrons. The molecule has 0 spiro atoms. The first-order valence-corrected chi connectivity index (χ1v) is 8.02. The van der Waals surface area contributed by atoms with E-state index in [1.165, 1.54) is 0 Å². The highest BCUT2D eigenvalue weighted by atomic mass is 16.2. The van der Waals surface area contributed by atoms with Crippen molar-refractivity contribution in [3.63, 3.8) is 0 Å². The van der Waals surface area contributed by atoms with Gasteiger partial charge in [-0.2, -0.15) is 0 Å². The summed E-state index contributed by atoms with van der Waals surface area (Å²) < 4.78 is 0. The van der Waals surface area contributed by atoms with E-state index in [0.29, 0.717) is 19.5 Å². The Morgan fingerprint density at radius 2 is 1.82 bits per heavy atom. The first kappa shape index (κ1) is 16.5. The van der Waals surface area contributed by atoms with E-state index in [-0.39, 0.29) is 17.7 Å². The van der Waals surface area contributed by atoms with Crippen LogP contribution in [0.4, 0.5) is 0 Å². The largest absolute Gasteiger partial charge is 0.356 e. The molecule has 1 aliphatic carbocycles. The minimum absolute atomic E-state index is 0.144. The fourth-order valence-corrected chi connectivity index (χ4v) is 2.42. The van der Waals surface area contributed by atoms with E-state index in [9.17, 15) is 9.59 Å². The maximum absolute atomic E-state index is 11.9. The highest BCUT2D eigenvalue weighted by Crippen LogP contribution is 2.25. The topological polar surface area (TPSA) is 84.2 Å². The molecule has 1 aromatic carbocycles. The summed E-state index contributed by atoms with van der Waals surface area (Å²) in [7, 11) is 0. The number of nitrogens with one attached hydrogen (secondary N) is 2. The van der Waals surface area contributed by atoms with Gasteiger partial charge in [0.2, 0.25) is 11.8 Å². The third-order valence-electron chi connectivity index (χ3n) is 4.06. The van der Waals surface area contributed by atoms with Crippen molar-refractivity contribution in [2.45, 2.75) is 38.1 Å². The fourth-order valence-electron chi connectivity index (χ4n) is 2.42. The summed E-state index contributed by atoms with van der Waals surface area (Å²) in [5.74, 6) is 0.224. The Kier molecular flexibility index (Phi) is 6.40. The van der Waals surface area contributed by atoms with Crippen LogP contribution in [0, 0.1) is 5.92 Å². The number of nitrogens with two attached hydrogens (primary N) is 1. The van der Waals surface area contributed by atoms with Crippen LogP contribution in [-0.2, 0) is 16.0 Å². The molecule has 0 bridgehead atoms. The second-order valence-corrected chi connectivity index (χ2v) is 5.86. The lowest BCUT2D eigenvalue weighted by molar-refractivity contribution is -0.127. The average Bonchev–Trinajstić information content (AvgIpc) is 2.45. The molecule has 1 fully saturated rings. The zero-order valence-electron chi connectivity index (χ0n) is 12.9. The van der Waals surface area contributed by atoms with Crippen molar-refractivity contribution in [3.8, 4) is 0 Å². The number of carbonyl (C=O) groups excluding carboxylic acids is 2. The van der Waals surface area contributed by atoms with Crippen LogP contribution >= 0.6 is 0 Å². The molecule has 0 aliphatic heterocycles. The standard InChI is InChI=1S/C17H25N3O2/c18-15(12-13-6-2-1-3-7-13)17(22)20-11-5-10-19-16(21)14-8-4-9-14/h1-3,6-7,14-15H,4-5,8-12,18H2,(H,19,21)(H,20,22)/t15-/m0/s1. The van der Waals surface area contributed by atoms with E-state index in [4.69, 9.17) is 5.73 Å². The summed E-state index contributed by atoms with van der Waals surface area (Å²) in [5, 5.41) is 5.72. The van der Waals surface area contributed by atoms with Crippen molar-refractivity contribution in [1.29, 1.82) is 0 Å². The first-order valence-electron chi connectivity index (χ1n) is 8.02. The molecule has 22 heavy (non-hydrogen) atoms. The molecular weight excluding hydrogens is 278 g/mol. The highest BCUT2D eigenvalue weighted by Gasteiger charge is 2.24. The van der Waals surface area contributed by atoms with E-state index in [2.05, 4.69) is 10.6 Å². The van der Waals surface area contributed by atoms with Gasteiger partial charge >= 0.3 is 0 Å². The average molecular weight is 303 g/mol. The zero-order chi connectivity index (χ0) is 15.8. The number of rotatable bonds is 8. The van der Waals surface area contributed by atoms with Crippen molar-refractivity contribution in [1.82, 2.24) is 10.6 Å². The lowest BCUT2D eigenvalue weighted by Gasteiger charge is -2.24.